The van der Waals surface area contributed by atoms with Crippen LogP contribution in [0.2, 0.25) is 5.02 Å². The first-order chi connectivity index (χ1) is 16.4. The number of anilines is 1. The van der Waals surface area contributed by atoms with Crippen LogP contribution in [0.3, 0.4) is 0 Å². The third-order valence-electron chi connectivity index (χ3n) is 4.65. The van der Waals surface area contributed by atoms with Gasteiger partial charge >= 0.3 is 0 Å². The SMILES string of the molecule is CCOc1c(Br)cc(/C=C(\C#N)C(=O)Nc2ccc(OCc3ccc(Cl)cc3)cc2)cc1OC. The zero-order valence-corrected chi connectivity index (χ0v) is 20.9. The Kier molecular flexibility index (Phi) is 8.97. The van der Waals surface area contributed by atoms with Crippen molar-refractivity contribution in [1.29, 1.82) is 5.26 Å². The van der Waals surface area contributed by atoms with Crippen LogP contribution in [0.4, 0.5) is 5.69 Å². The van der Waals surface area contributed by atoms with Crippen molar-refractivity contribution in [3.8, 4) is 23.3 Å². The molecule has 0 aliphatic rings. The van der Waals surface area contributed by atoms with Crippen LogP contribution >= 0.6 is 27.5 Å². The number of amides is 1. The first kappa shape index (κ1) is 25.2. The maximum absolute atomic E-state index is 12.7. The third kappa shape index (κ3) is 6.77. The van der Waals surface area contributed by atoms with Gasteiger partial charge in [-0.25, -0.2) is 0 Å². The second kappa shape index (κ2) is 12.1. The molecule has 0 fully saturated rings. The molecular formula is C26H22BrClN2O4. The van der Waals surface area contributed by atoms with Gasteiger partial charge in [-0.2, -0.15) is 5.26 Å². The lowest BCUT2D eigenvalue weighted by atomic mass is 10.1. The number of hydrogen-bond acceptors (Lipinski definition) is 5. The Morgan fingerprint density at radius 2 is 1.82 bits per heavy atom. The number of hydrogen-bond donors (Lipinski definition) is 1. The molecule has 3 aromatic carbocycles. The Morgan fingerprint density at radius 1 is 1.12 bits per heavy atom. The van der Waals surface area contributed by atoms with Gasteiger partial charge in [0.2, 0.25) is 0 Å². The Balaban J connectivity index is 1.67. The van der Waals surface area contributed by atoms with Crippen LogP contribution in [-0.2, 0) is 11.4 Å². The molecule has 8 heteroatoms. The maximum Gasteiger partial charge on any atom is 0.266 e. The minimum atomic E-state index is -0.527. The van der Waals surface area contributed by atoms with E-state index in [4.69, 9.17) is 25.8 Å². The van der Waals surface area contributed by atoms with E-state index in [2.05, 4.69) is 21.2 Å². The Hall–Kier alpha value is -3.47. The van der Waals surface area contributed by atoms with Crippen LogP contribution in [0, 0.1) is 11.3 Å². The largest absolute Gasteiger partial charge is 0.493 e. The Morgan fingerprint density at radius 3 is 2.44 bits per heavy atom. The van der Waals surface area contributed by atoms with Crippen LogP contribution in [0.15, 0.2) is 70.7 Å². The van der Waals surface area contributed by atoms with E-state index in [1.807, 2.05) is 25.1 Å². The molecule has 0 aliphatic carbocycles. The van der Waals surface area contributed by atoms with Crippen molar-refractivity contribution in [3.63, 3.8) is 0 Å². The smallest absolute Gasteiger partial charge is 0.266 e. The van der Waals surface area contributed by atoms with E-state index in [1.54, 1.807) is 48.5 Å². The average molecular weight is 542 g/mol. The van der Waals surface area contributed by atoms with Gasteiger partial charge in [0.25, 0.3) is 5.91 Å². The number of nitriles is 1. The summed E-state index contributed by atoms with van der Waals surface area (Å²) < 4.78 is 17.4. The highest BCUT2D eigenvalue weighted by molar-refractivity contribution is 9.10. The lowest BCUT2D eigenvalue weighted by Gasteiger charge is -2.12. The molecule has 0 radical (unpaired) electrons. The molecule has 0 aromatic heterocycles. The summed E-state index contributed by atoms with van der Waals surface area (Å²) in [6.07, 6.45) is 1.49. The van der Waals surface area contributed by atoms with Gasteiger partial charge in [0.05, 0.1) is 18.2 Å². The molecule has 0 bridgehead atoms. The number of nitrogens with zero attached hydrogens (tertiary/aromatic N) is 1. The van der Waals surface area contributed by atoms with Crippen molar-refractivity contribution in [2.24, 2.45) is 0 Å². The molecule has 0 aliphatic heterocycles. The lowest BCUT2D eigenvalue weighted by molar-refractivity contribution is -0.112. The number of carbonyl (C=O) groups excluding carboxylic acids is 1. The van der Waals surface area contributed by atoms with E-state index in [0.717, 1.165) is 5.56 Å². The highest BCUT2D eigenvalue weighted by atomic mass is 79.9. The zero-order chi connectivity index (χ0) is 24.5. The normalized spacial score (nSPS) is 10.9. The standard InChI is InChI=1S/C26H22BrClN2O4/c1-3-33-25-23(27)13-18(14-24(25)32-2)12-19(15-29)26(31)30-21-8-10-22(11-9-21)34-16-17-4-6-20(28)7-5-17/h4-14H,3,16H2,1-2H3,(H,30,31)/b19-12+. The van der Waals surface area contributed by atoms with E-state index in [1.165, 1.54) is 13.2 Å². The van der Waals surface area contributed by atoms with E-state index >= 15 is 0 Å². The molecule has 0 unspecified atom stereocenters. The van der Waals surface area contributed by atoms with E-state index in [9.17, 15) is 10.1 Å². The molecule has 1 amide bonds. The van der Waals surface area contributed by atoms with Crippen LogP contribution in [0.5, 0.6) is 17.2 Å². The maximum atomic E-state index is 12.7. The molecule has 0 atom stereocenters. The summed E-state index contributed by atoms with van der Waals surface area (Å²) >= 11 is 9.34. The molecule has 0 heterocycles. The number of ether oxygens (including phenoxy) is 3. The molecule has 3 rings (SSSR count). The van der Waals surface area contributed by atoms with Crippen LogP contribution in [0.1, 0.15) is 18.1 Å². The van der Waals surface area contributed by atoms with Crippen LogP contribution in [0.25, 0.3) is 6.08 Å². The van der Waals surface area contributed by atoms with E-state index in [0.29, 0.717) is 51.2 Å². The number of carbonyl (C=O) groups is 1. The van der Waals surface area contributed by atoms with Gasteiger partial charge < -0.3 is 19.5 Å². The number of halogens is 2. The summed E-state index contributed by atoms with van der Waals surface area (Å²) in [6.45, 7) is 2.74. The zero-order valence-electron chi connectivity index (χ0n) is 18.6. The van der Waals surface area contributed by atoms with Gasteiger partial charge in [0.1, 0.15) is 24.0 Å². The predicted octanol–water partition coefficient (Wildman–Crippen LogP) is 6.63. The molecule has 6 nitrogen and oxygen atoms in total. The highest BCUT2D eigenvalue weighted by Gasteiger charge is 2.14. The first-order valence-corrected chi connectivity index (χ1v) is 11.5. The van der Waals surface area contributed by atoms with E-state index in [-0.39, 0.29) is 5.57 Å². The quantitative estimate of drug-likeness (QED) is 0.243. The number of nitrogens with one attached hydrogen (secondary N) is 1. The monoisotopic (exact) mass is 540 g/mol. The van der Waals surface area contributed by atoms with Gasteiger partial charge in [0, 0.05) is 10.7 Å². The van der Waals surface area contributed by atoms with Gasteiger partial charge in [0.15, 0.2) is 11.5 Å². The minimum absolute atomic E-state index is 0.0545. The van der Waals surface area contributed by atoms with Crippen molar-refractivity contribution < 1.29 is 19.0 Å². The molecule has 0 saturated carbocycles. The third-order valence-corrected chi connectivity index (χ3v) is 5.49. The molecule has 1 N–H and O–H groups in total. The molecule has 34 heavy (non-hydrogen) atoms. The van der Waals surface area contributed by atoms with Crippen molar-refractivity contribution in [3.05, 3.63) is 86.9 Å². The fourth-order valence-corrected chi connectivity index (χ4v) is 3.70. The number of benzene rings is 3. The van der Waals surface area contributed by atoms with Gasteiger partial charge in [-0.15, -0.1) is 0 Å². The molecule has 0 saturated heterocycles. The number of rotatable bonds is 9. The van der Waals surface area contributed by atoms with Crippen molar-refractivity contribution >= 4 is 45.2 Å². The number of methoxy groups -OCH3 is 1. The van der Waals surface area contributed by atoms with Crippen LogP contribution in [-0.4, -0.2) is 19.6 Å². The summed E-state index contributed by atoms with van der Waals surface area (Å²) in [7, 11) is 1.53. The Bertz CT molecular complexity index is 1220. The minimum Gasteiger partial charge on any atom is -0.493 e. The van der Waals surface area contributed by atoms with Gasteiger partial charge in [-0.1, -0.05) is 23.7 Å². The summed E-state index contributed by atoms with van der Waals surface area (Å²) in [5.74, 6) is 1.18. The highest BCUT2D eigenvalue weighted by Crippen LogP contribution is 2.37. The molecule has 174 valence electrons. The molecule has 0 spiro atoms. The Labute approximate surface area is 211 Å². The predicted molar refractivity (Wildman–Crippen MR) is 136 cm³/mol. The second-order valence-corrected chi connectivity index (χ2v) is 8.32. The summed E-state index contributed by atoms with van der Waals surface area (Å²) in [6, 6.07) is 19.7. The summed E-state index contributed by atoms with van der Waals surface area (Å²) in [5.41, 5.74) is 2.09. The van der Waals surface area contributed by atoms with Gasteiger partial charge in [-0.3, -0.25) is 4.79 Å². The summed E-state index contributed by atoms with van der Waals surface area (Å²) in [5, 5.41) is 12.9. The molecular weight excluding hydrogens is 520 g/mol. The average Bonchev–Trinajstić information content (AvgIpc) is 2.84. The van der Waals surface area contributed by atoms with E-state index < -0.39 is 5.91 Å². The topological polar surface area (TPSA) is 80.6 Å². The van der Waals surface area contributed by atoms with Crippen molar-refractivity contribution in [2.45, 2.75) is 13.5 Å². The summed E-state index contributed by atoms with van der Waals surface area (Å²) in [4.78, 5) is 12.7. The fraction of sp³-hybridized carbons (Fsp3) is 0.154. The lowest BCUT2D eigenvalue weighted by Crippen LogP contribution is -2.13. The van der Waals surface area contributed by atoms with Gasteiger partial charge in [-0.05, 0) is 88.6 Å². The fourth-order valence-electron chi connectivity index (χ4n) is 3.00. The first-order valence-electron chi connectivity index (χ1n) is 10.3. The van der Waals surface area contributed by atoms with Crippen LogP contribution < -0.4 is 19.5 Å². The van der Waals surface area contributed by atoms with Crippen molar-refractivity contribution in [1.82, 2.24) is 0 Å². The second-order valence-electron chi connectivity index (χ2n) is 7.03. The molecule has 3 aromatic rings. The van der Waals surface area contributed by atoms with Crippen molar-refractivity contribution in [2.75, 3.05) is 19.0 Å².